The van der Waals surface area contributed by atoms with Crippen LogP contribution in [0.25, 0.3) is 0 Å². The maximum Gasteiger partial charge on any atom is 0.326 e. The van der Waals surface area contributed by atoms with E-state index in [4.69, 9.17) is 11.5 Å². The van der Waals surface area contributed by atoms with E-state index in [1.54, 1.807) is 0 Å². The molecule has 11 heteroatoms. The maximum absolute atomic E-state index is 13.0. The fraction of sp³-hybridized carbons (Fsp3) is 0.600. The SMILES string of the molecule is CC(C)CC(NC(=O)C(NC(=O)C(N)Cc1ccccc1)C(C)O)C(=O)NC(CCCCN)C(=O)O. The number of carbonyl (C=O) groups is 4. The predicted molar refractivity (Wildman–Crippen MR) is 136 cm³/mol. The first-order valence-electron chi connectivity index (χ1n) is 12.3. The Balaban J connectivity index is 2.89. The topological polar surface area (TPSA) is 197 Å². The van der Waals surface area contributed by atoms with Gasteiger partial charge in [0.25, 0.3) is 0 Å². The number of aliphatic hydroxyl groups is 1. The molecule has 0 aliphatic heterocycles. The number of aliphatic carboxylic acids is 1. The van der Waals surface area contributed by atoms with Crippen LogP contribution in [-0.4, -0.2) is 70.7 Å². The van der Waals surface area contributed by atoms with E-state index in [0.717, 1.165) is 5.56 Å². The molecule has 202 valence electrons. The molecule has 0 bridgehead atoms. The Kier molecular flexibility index (Phi) is 13.7. The van der Waals surface area contributed by atoms with Gasteiger partial charge in [-0.15, -0.1) is 0 Å². The quantitative estimate of drug-likeness (QED) is 0.147. The highest BCUT2D eigenvalue weighted by Gasteiger charge is 2.32. The van der Waals surface area contributed by atoms with E-state index < -0.39 is 54.0 Å². The molecule has 1 aromatic rings. The molecule has 9 N–H and O–H groups in total. The van der Waals surface area contributed by atoms with Crippen molar-refractivity contribution in [3.63, 3.8) is 0 Å². The van der Waals surface area contributed by atoms with Crippen LogP contribution in [0, 0.1) is 5.92 Å². The molecule has 0 heterocycles. The molecule has 1 aromatic carbocycles. The number of rotatable bonds is 16. The van der Waals surface area contributed by atoms with Crippen LogP contribution < -0.4 is 27.4 Å². The Labute approximate surface area is 212 Å². The molecule has 3 amide bonds. The normalized spacial score (nSPS) is 15.3. The second kappa shape index (κ2) is 15.9. The first kappa shape index (κ1) is 31.0. The average Bonchev–Trinajstić information content (AvgIpc) is 2.81. The second-order valence-electron chi connectivity index (χ2n) is 9.40. The Morgan fingerprint density at radius 1 is 0.889 bits per heavy atom. The van der Waals surface area contributed by atoms with Gasteiger partial charge in [0.05, 0.1) is 12.1 Å². The van der Waals surface area contributed by atoms with Crippen LogP contribution >= 0.6 is 0 Å². The summed E-state index contributed by atoms with van der Waals surface area (Å²) in [6, 6.07) is 4.61. The minimum absolute atomic E-state index is 0.0135. The highest BCUT2D eigenvalue weighted by Crippen LogP contribution is 2.09. The van der Waals surface area contributed by atoms with Crippen LogP contribution in [0.3, 0.4) is 0 Å². The Morgan fingerprint density at radius 3 is 2.03 bits per heavy atom. The first-order valence-corrected chi connectivity index (χ1v) is 12.3. The second-order valence-corrected chi connectivity index (χ2v) is 9.40. The molecule has 1 rings (SSSR count). The summed E-state index contributed by atoms with van der Waals surface area (Å²) in [7, 11) is 0. The summed E-state index contributed by atoms with van der Waals surface area (Å²) in [5.41, 5.74) is 12.3. The number of hydrogen-bond donors (Lipinski definition) is 7. The van der Waals surface area contributed by atoms with Crippen LogP contribution in [0.15, 0.2) is 30.3 Å². The molecule has 5 unspecified atom stereocenters. The zero-order valence-corrected chi connectivity index (χ0v) is 21.3. The van der Waals surface area contributed by atoms with Crippen LogP contribution in [0.5, 0.6) is 0 Å². The van der Waals surface area contributed by atoms with Crippen molar-refractivity contribution in [1.29, 1.82) is 0 Å². The minimum atomic E-state index is -1.36. The molecule has 0 aromatic heterocycles. The number of nitrogens with two attached hydrogens (primary N) is 2. The molecule has 0 saturated carbocycles. The standard InChI is InChI=1S/C25H41N5O6/c1-15(2)13-20(23(33)28-19(25(35)36)11-7-8-12-26)29-24(34)21(16(3)31)30-22(32)18(27)14-17-9-5-4-6-10-17/h4-6,9-10,15-16,18-21,31H,7-8,11-14,26-27H2,1-3H3,(H,28,33)(H,29,34)(H,30,32)(H,35,36). The van der Waals surface area contributed by atoms with Crippen molar-refractivity contribution in [2.45, 2.75) is 83.1 Å². The van der Waals surface area contributed by atoms with E-state index in [2.05, 4.69) is 16.0 Å². The van der Waals surface area contributed by atoms with Gasteiger partial charge in [-0.2, -0.15) is 0 Å². The molecule has 0 radical (unpaired) electrons. The van der Waals surface area contributed by atoms with Crippen molar-refractivity contribution in [3.8, 4) is 0 Å². The zero-order valence-electron chi connectivity index (χ0n) is 21.3. The average molecular weight is 508 g/mol. The van der Waals surface area contributed by atoms with E-state index in [-0.39, 0.29) is 25.2 Å². The van der Waals surface area contributed by atoms with Crippen molar-refractivity contribution in [2.24, 2.45) is 17.4 Å². The molecule has 0 aliphatic carbocycles. The monoisotopic (exact) mass is 507 g/mol. The number of amides is 3. The lowest BCUT2D eigenvalue weighted by atomic mass is 10.0. The van der Waals surface area contributed by atoms with Gasteiger partial charge in [0.15, 0.2) is 0 Å². The maximum atomic E-state index is 13.0. The minimum Gasteiger partial charge on any atom is -0.480 e. The summed E-state index contributed by atoms with van der Waals surface area (Å²) in [4.78, 5) is 50.1. The largest absolute Gasteiger partial charge is 0.480 e. The van der Waals surface area contributed by atoms with Gasteiger partial charge < -0.3 is 37.6 Å². The third-order valence-electron chi connectivity index (χ3n) is 5.60. The van der Waals surface area contributed by atoms with Crippen LogP contribution in [0.2, 0.25) is 0 Å². The smallest absolute Gasteiger partial charge is 0.326 e. The molecule has 0 spiro atoms. The van der Waals surface area contributed by atoms with E-state index in [0.29, 0.717) is 19.4 Å². The number of carbonyl (C=O) groups excluding carboxylic acids is 3. The molecule has 0 fully saturated rings. The van der Waals surface area contributed by atoms with Crippen molar-refractivity contribution < 1.29 is 29.4 Å². The van der Waals surface area contributed by atoms with E-state index in [1.807, 2.05) is 44.2 Å². The zero-order chi connectivity index (χ0) is 27.3. The predicted octanol–water partition coefficient (Wildman–Crippen LogP) is -0.349. The van der Waals surface area contributed by atoms with Crippen molar-refractivity contribution in [1.82, 2.24) is 16.0 Å². The number of unbranched alkanes of at least 4 members (excludes halogenated alkanes) is 1. The van der Waals surface area contributed by atoms with Crippen LogP contribution in [0.1, 0.15) is 52.0 Å². The molecule has 5 atom stereocenters. The Hall–Kier alpha value is -3.02. The highest BCUT2D eigenvalue weighted by molar-refractivity contribution is 5.94. The van der Waals surface area contributed by atoms with E-state index in [1.165, 1.54) is 6.92 Å². The van der Waals surface area contributed by atoms with Gasteiger partial charge in [-0.1, -0.05) is 44.2 Å². The van der Waals surface area contributed by atoms with Gasteiger partial charge in [-0.25, -0.2) is 4.79 Å². The molecular weight excluding hydrogens is 466 g/mol. The Morgan fingerprint density at radius 2 is 1.50 bits per heavy atom. The Bertz CT molecular complexity index is 849. The number of carboxylic acid groups (broad SMARTS) is 1. The fourth-order valence-corrected chi connectivity index (χ4v) is 3.61. The summed E-state index contributed by atoms with van der Waals surface area (Å²) in [6.45, 7) is 5.44. The molecular formula is C25H41N5O6. The number of aliphatic hydroxyl groups excluding tert-OH is 1. The third-order valence-corrected chi connectivity index (χ3v) is 5.60. The summed E-state index contributed by atoms with van der Waals surface area (Å²) in [5, 5.41) is 27.1. The van der Waals surface area contributed by atoms with Gasteiger partial charge in [-0.05, 0) is 57.1 Å². The lowest BCUT2D eigenvalue weighted by Gasteiger charge is -2.27. The molecule has 36 heavy (non-hydrogen) atoms. The van der Waals surface area contributed by atoms with Gasteiger partial charge in [0.2, 0.25) is 17.7 Å². The van der Waals surface area contributed by atoms with Crippen molar-refractivity contribution >= 4 is 23.7 Å². The number of nitrogens with one attached hydrogen (secondary N) is 3. The lowest BCUT2D eigenvalue weighted by molar-refractivity contribution is -0.142. The van der Waals surface area contributed by atoms with E-state index in [9.17, 15) is 29.4 Å². The van der Waals surface area contributed by atoms with Gasteiger partial charge in [-0.3, -0.25) is 14.4 Å². The summed E-state index contributed by atoms with van der Waals surface area (Å²) < 4.78 is 0. The number of hydrogen-bond acceptors (Lipinski definition) is 7. The molecule has 0 aliphatic rings. The van der Waals surface area contributed by atoms with Gasteiger partial charge in [0.1, 0.15) is 18.1 Å². The lowest BCUT2D eigenvalue weighted by Crippen LogP contribution is -2.60. The van der Waals surface area contributed by atoms with Crippen LogP contribution in [-0.2, 0) is 25.6 Å². The summed E-state index contributed by atoms with van der Waals surface area (Å²) >= 11 is 0. The number of carboxylic acids is 1. The van der Waals surface area contributed by atoms with Gasteiger partial charge in [0, 0.05) is 0 Å². The van der Waals surface area contributed by atoms with Crippen LogP contribution in [0.4, 0.5) is 0 Å². The third kappa shape index (κ3) is 11.1. The highest BCUT2D eigenvalue weighted by atomic mass is 16.4. The number of benzene rings is 1. The van der Waals surface area contributed by atoms with E-state index >= 15 is 0 Å². The summed E-state index contributed by atoms with van der Waals surface area (Å²) in [5.74, 6) is -3.26. The first-order chi connectivity index (χ1) is 17.0. The fourth-order valence-electron chi connectivity index (χ4n) is 3.61. The summed E-state index contributed by atoms with van der Waals surface area (Å²) in [6.07, 6.45) is 0.526. The van der Waals surface area contributed by atoms with Crippen molar-refractivity contribution in [3.05, 3.63) is 35.9 Å². The van der Waals surface area contributed by atoms with Crippen molar-refractivity contribution in [2.75, 3.05) is 6.54 Å². The molecule has 11 nitrogen and oxygen atoms in total. The molecule has 0 saturated heterocycles. The van der Waals surface area contributed by atoms with Gasteiger partial charge >= 0.3 is 5.97 Å².